The second-order valence-corrected chi connectivity index (χ2v) is 2.79. The van der Waals surface area contributed by atoms with E-state index in [1.54, 1.807) is 0 Å². The summed E-state index contributed by atoms with van der Waals surface area (Å²) in [5.41, 5.74) is 3.03. The first-order valence-corrected chi connectivity index (χ1v) is 3.24. The third kappa shape index (κ3) is 1.05. The van der Waals surface area contributed by atoms with Gasteiger partial charge in [-0.2, -0.15) is 0 Å². The maximum Gasteiger partial charge on any atom is 0.365 e. The van der Waals surface area contributed by atoms with E-state index in [0.717, 1.165) is 25.7 Å². The van der Waals surface area contributed by atoms with Crippen LogP contribution in [0.25, 0.3) is 0 Å². The molecule has 1 fully saturated rings. The SMILES string of the molecule is [NH3+]C1(C(=O)O)CCCC1. The van der Waals surface area contributed by atoms with Gasteiger partial charge in [0, 0.05) is 12.8 Å². The first kappa shape index (κ1) is 6.55. The zero-order valence-electron chi connectivity index (χ0n) is 5.39. The standard InChI is InChI=1S/C6H11NO2/c7-6(5(8)9)3-1-2-4-6/h1-4,7H2,(H,8,9)/p+1. The molecule has 0 amide bonds. The fraction of sp³-hybridized carbons (Fsp3) is 0.833. The highest BCUT2D eigenvalue weighted by Crippen LogP contribution is 2.25. The fourth-order valence-corrected chi connectivity index (χ4v) is 1.27. The van der Waals surface area contributed by atoms with Gasteiger partial charge in [-0.1, -0.05) is 0 Å². The van der Waals surface area contributed by atoms with E-state index in [1.807, 2.05) is 0 Å². The van der Waals surface area contributed by atoms with E-state index in [9.17, 15) is 4.79 Å². The first-order chi connectivity index (χ1) is 4.15. The molecular weight excluding hydrogens is 118 g/mol. The van der Waals surface area contributed by atoms with Gasteiger partial charge in [0.05, 0.1) is 0 Å². The number of hydrogen-bond acceptors (Lipinski definition) is 1. The Bertz CT molecular complexity index is 127. The second-order valence-electron chi connectivity index (χ2n) is 2.79. The van der Waals surface area contributed by atoms with Gasteiger partial charge in [0.15, 0.2) is 5.54 Å². The van der Waals surface area contributed by atoms with Crippen molar-refractivity contribution in [3.63, 3.8) is 0 Å². The zero-order chi connectivity index (χ0) is 6.91. The smallest absolute Gasteiger partial charge is 0.365 e. The highest BCUT2D eigenvalue weighted by molar-refractivity contribution is 5.76. The Morgan fingerprint density at radius 2 is 1.89 bits per heavy atom. The maximum atomic E-state index is 10.5. The van der Waals surface area contributed by atoms with Crippen molar-refractivity contribution in [2.75, 3.05) is 0 Å². The first-order valence-electron chi connectivity index (χ1n) is 3.24. The molecule has 52 valence electrons. The van der Waals surface area contributed by atoms with Crippen LogP contribution in [0.3, 0.4) is 0 Å². The fourth-order valence-electron chi connectivity index (χ4n) is 1.27. The summed E-state index contributed by atoms with van der Waals surface area (Å²) in [5, 5.41) is 8.61. The number of rotatable bonds is 1. The molecule has 0 atom stereocenters. The van der Waals surface area contributed by atoms with Crippen LogP contribution in [0.1, 0.15) is 25.7 Å². The minimum atomic E-state index is -0.736. The van der Waals surface area contributed by atoms with Crippen LogP contribution in [0.15, 0.2) is 0 Å². The van der Waals surface area contributed by atoms with Crippen LogP contribution >= 0.6 is 0 Å². The van der Waals surface area contributed by atoms with E-state index in [1.165, 1.54) is 0 Å². The zero-order valence-corrected chi connectivity index (χ0v) is 5.39. The predicted octanol–water partition coefficient (Wildman–Crippen LogP) is -0.374. The monoisotopic (exact) mass is 130 g/mol. The summed E-state index contributed by atoms with van der Waals surface area (Å²) >= 11 is 0. The van der Waals surface area contributed by atoms with E-state index >= 15 is 0 Å². The van der Waals surface area contributed by atoms with Crippen molar-refractivity contribution in [1.29, 1.82) is 0 Å². The highest BCUT2D eigenvalue weighted by Gasteiger charge is 2.41. The molecule has 0 spiro atoms. The molecule has 0 aromatic rings. The van der Waals surface area contributed by atoms with E-state index in [4.69, 9.17) is 5.11 Å². The summed E-state index contributed by atoms with van der Waals surface area (Å²) in [6.07, 6.45) is 3.55. The van der Waals surface area contributed by atoms with Gasteiger partial charge in [-0.15, -0.1) is 0 Å². The molecule has 3 nitrogen and oxygen atoms in total. The number of quaternary nitrogens is 1. The maximum absolute atomic E-state index is 10.5. The Hall–Kier alpha value is -0.570. The lowest BCUT2D eigenvalue weighted by Crippen LogP contribution is -2.75. The average molecular weight is 130 g/mol. The molecule has 0 aromatic carbocycles. The number of aliphatic carboxylic acids is 1. The van der Waals surface area contributed by atoms with Crippen LogP contribution < -0.4 is 5.73 Å². The molecular formula is C6H12NO2+. The minimum absolute atomic E-state index is 0.639. The van der Waals surface area contributed by atoms with Gasteiger partial charge in [-0.3, -0.25) is 0 Å². The number of carboxylic acid groups (broad SMARTS) is 1. The number of hydrogen-bond donors (Lipinski definition) is 2. The molecule has 1 aliphatic carbocycles. The summed E-state index contributed by atoms with van der Waals surface area (Å²) in [5.74, 6) is -0.736. The molecule has 4 N–H and O–H groups in total. The summed E-state index contributed by atoms with van der Waals surface area (Å²) in [6, 6.07) is 0. The summed E-state index contributed by atoms with van der Waals surface area (Å²) in [7, 11) is 0. The van der Waals surface area contributed by atoms with Crippen LogP contribution in [-0.4, -0.2) is 16.6 Å². The molecule has 0 aliphatic heterocycles. The second kappa shape index (κ2) is 1.99. The molecule has 9 heavy (non-hydrogen) atoms. The Morgan fingerprint density at radius 3 is 2.11 bits per heavy atom. The van der Waals surface area contributed by atoms with Crippen molar-refractivity contribution in [3.05, 3.63) is 0 Å². The van der Waals surface area contributed by atoms with E-state index in [-0.39, 0.29) is 0 Å². The number of carboxylic acids is 1. The van der Waals surface area contributed by atoms with E-state index in [2.05, 4.69) is 5.73 Å². The van der Waals surface area contributed by atoms with Crippen LogP contribution in [-0.2, 0) is 4.79 Å². The van der Waals surface area contributed by atoms with Gasteiger partial charge in [0.2, 0.25) is 0 Å². The Balaban J connectivity index is 2.61. The lowest BCUT2D eigenvalue weighted by atomic mass is 10.0. The summed E-state index contributed by atoms with van der Waals surface area (Å²) in [4.78, 5) is 10.5. The molecule has 3 heteroatoms. The lowest BCUT2D eigenvalue weighted by molar-refractivity contribution is -0.459. The van der Waals surface area contributed by atoms with Crippen LogP contribution in [0.4, 0.5) is 0 Å². The van der Waals surface area contributed by atoms with Gasteiger partial charge in [0.25, 0.3) is 0 Å². The van der Waals surface area contributed by atoms with Crippen molar-refractivity contribution < 1.29 is 15.6 Å². The van der Waals surface area contributed by atoms with Crippen molar-refractivity contribution in [2.45, 2.75) is 31.2 Å². The largest absolute Gasteiger partial charge is 0.477 e. The third-order valence-corrected chi connectivity index (χ3v) is 2.01. The van der Waals surface area contributed by atoms with Gasteiger partial charge in [-0.25, -0.2) is 4.79 Å². The molecule has 1 rings (SSSR count). The topological polar surface area (TPSA) is 64.9 Å². The molecule has 0 radical (unpaired) electrons. The Kier molecular flexibility index (Phi) is 1.45. The Morgan fingerprint density at radius 1 is 1.44 bits per heavy atom. The summed E-state index contributed by atoms with van der Waals surface area (Å²) < 4.78 is 0. The molecule has 0 saturated heterocycles. The highest BCUT2D eigenvalue weighted by atomic mass is 16.4. The van der Waals surface area contributed by atoms with Gasteiger partial charge in [-0.05, 0) is 12.8 Å². The molecule has 1 aliphatic rings. The third-order valence-electron chi connectivity index (χ3n) is 2.01. The van der Waals surface area contributed by atoms with Crippen molar-refractivity contribution in [1.82, 2.24) is 0 Å². The molecule has 0 bridgehead atoms. The van der Waals surface area contributed by atoms with Crippen LogP contribution in [0.2, 0.25) is 0 Å². The molecule has 0 unspecified atom stereocenters. The van der Waals surface area contributed by atoms with Crippen molar-refractivity contribution >= 4 is 5.97 Å². The van der Waals surface area contributed by atoms with Crippen LogP contribution in [0, 0.1) is 0 Å². The molecule has 0 heterocycles. The van der Waals surface area contributed by atoms with Gasteiger partial charge < -0.3 is 10.8 Å². The van der Waals surface area contributed by atoms with Gasteiger partial charge in [0.1, 0.15) is 0 Å². The quantitative estimate of drug-likeness (QED) is 0.508. The van der Waals surface area contributed by atoms with E-state index < -0.39 is 11.5 Å². The molecule has 1 saturated carbocycles. The predicted molar refractivity (Wildman–Crippen MR) is 31.7 cm³/mol. The average Bonchev–Trinajstić information content (AvgIpc) is 2.16. The van der Waals surface area contributed by atoms with Crippen LogP contribution in [0.5, 0.6) is 0 Å². The number of carbonyl (C=O) groups is 1. The molecule has 0 aromatic heterocycles. The normalized spacial score (nSPS) is 24.1. The Labute approximate surface area is 53.9 Å². The van der Waals surface area contributed by atoms with Crippen molar-refractivity contribution in [3.8, 4) is 0 Å². The van der Waals surface area contributed by atoms with Crippen molar-refractivity contribution in [2.24, 2.45) is 0 Å². The lowest BCUT2D eigenvalue weighted by Gasteiger charge is -2.11. The van der Waals surface area contributed by atoms with E-state index in [0.29, 0.717) is 0 Å². The van der Waals surface area contributed by atoms with Gasteiger partial charge >= 0.3 is 5.97 Å². The summed E-state index contributed by atoms with van der Waals surface area (Å²) in [6.45, 7) is 0. The minimum Gasteiger partial charge on any atom is -0.477 e.